The van der Waals surface area contributed by atoms with Gasteiger partial charge in [-0.05, 0) is 37.5 Å². The van der Waals surface area contributed by atoms with Crippen molar-refractivity contribution in [1.82, 2.24) is 15.5 Å². The van der Waals surface area contributed by atoms with Crippen LogP contribution in [0.3, 0.4) is 0 Å². The van der Waals surface area contributed by atoms with Crippen LogP contribution < -0.4 is 10.6 Å². The van der Waals surface area contributed by atoms with Crippen LogP contribution in [-0.4, -0.2) is 34.8 Å². The number of nitrogens with zero attached hydrogens (tertiary/aromatic N) is 1. The maximum atomic E-state index is 12.7. The van der Waals surface area contributed by atoms with Gasteiger partial charge in [0, 0.05) is 18.0 Å². The Morgan fingerprint density at radius 1 is 1.23 bits per heavy atom. The largest absolute Gasteiger partial charge is 0.350 e. The molecule has 1 unspecified atom stereocenters. The minimum Gasteiger partial charge on any atom is -0.350 e. The smallest absolute Gasteiger partial charge is 0.325 e. The summed E-state index contributed by atoms with van der Waals surface area (Å²) in [6.45, 7) is 1.98. The van der Waals surface area contributed by atoms with Gasteiger partial charge in [-0.25, -0.2) is 4.79 Å². The Morgan fingerprint density at radius 3 is 2.54 bits per heavy atom. The molecule has 6 nitrogen and oxygen atoms in total. The lowest BCUT2D eigenvalue weighted by Crippen LogP contribution is -2.48. The van der Waals surface area contributed by atoms with Crippen molar-refractivity contribution in [1.29, 1.82) is 0 Å². The van der Waals surface area contributed by atoms with Gasteiger partial charge in [-0.1, -0.05) is 43.0 Å². The van der Waals surface area contributed by atoms with Crippen LogP contribution in [0.5, 0.6) is 0 Å². The predicted octanol–water partition coefficient (Wildman–Crippen LogP) is 3.16. The number of amides is 4. The van der Waals surface area contributed by atoms with Gasteiger partial charge in [0.1, 0.15) is 5.54 Å². The molecule has 0 aromatic heterocycles. The maximum Gasteiger partial charge on any atom is 0.325 e. The van der Waals surface area contributed by atoms with Crippen LogP contribution in [0.4, 0.5) is 4.79 Å². The van der Waals surface area contributed by atoms with Crippen LogP contribution >= 0.6 is 11.6 Å². The summed E-state index contributed by atoms with van der Waals surface area (Å²) in [4.78, 5) is 38.3. The van der Waals surface area contributed by atoms with Gasteiger partial charge in [0.2, 0.25) is 5.91 Å². The molecule has 7 heteroatoms. The summed E-state index contributed by atoms with van der Waals surface area (Å²) in [6.07, 6.45) is 4.45. The number of imide groups is 1. The highest BCUT2D eigenvalue weighted by Gasteiger charge is 2.51. The lowest BCUT2D eigenvalue weighted by Gasteiger charge is -2.30. The van der Waals surface area contributed by atoms with E-state index >= 15 is 0 Å². The van der Waals surface area contributed by atoms with E-state index in [0.29, 0.717) is 17.9 Å². The van der Waals surface area contributed by atoms with Crippen molar-refractivity contribution in [3.05, 3.63) is 34.9 Å². The fourth-order valence-corrected chi connectivity index (χ4v) is 3.86. The molecule has 26 heavy (non-hydrogen) atoms. The summed E-state index contributed by atoms with van der Waals surface area (Å²) in [6, 6.07) is 6.71. The van der Waals surface area contributed by atoms with Gasteiger partial charge in [-0.3, -0.25) is 14.5 Å². The zero-order valence-corrected chi connectivity index (χ0v) is 15.6. The number of rotatable bonds is 5. The molecule has 1 aliphatic heterocycles. The standard InChI is InChI=1S/C19H24ClN3O3/c1-13(14-5-7-15(20)8-6-14)21-16(24)9-12-23-17(25)19(22-18(23)26)10-3-2-4-11-19/h5-8,13H,2-4,9-12H2,1H3,(H,21,24)(H,22,26). The quantitative estimate of drug-likeness (QED) is 0.773. The van der Waals surface area contributed by atoms with E-state index in [0.717, 1.165) is 24.8 Å². The van der Waals surface area contributed by atoms with Crippen LogP contribution in [0.15, 0.2) is 24.3 Å². The first-order valence-electron chi connectivity index (χ1n) is 9.10. The molecule has 1 atom stereocenters. The molecule has 2 N–H and O–H groups in total. The molecule has 2 aliphatic rings. The Morgan fingerprint density at radius 2 is 1.88 bits per heavy atom. The van der Waals surface area contributed by atoms with E-state index in [1.54, 1.807) is 12.1 Å². The van der Waals surface area contributed by atoms with Crippen molar-refractivity contribution in [2.45, 2.75) is 57.0 Å². The minimum absolute atomic E-state index is 0.0904. The van der Waals surface area contributed by atoms with Crippen LogP contribution in [0.2, 0.25) is 5.02 Å². The molecular formula is C19H24ClN3O3. The highest BCUT2D eigenvalue weighted by atomic mass is 35.5. The maximum absolute atomic E-state index is 12.7. The van der Waals surface area contributed by atoms with E-state index in [-0.39, 0.29) is 36.9 Å². The van der Waals surface area contributed by atoms with E-state index in [9.17, 15) is 14.4 Å². The van der Waals surface area contributed by atoms with E-state index < -0.39 is 5.54 Å². The number of hydrogen-bond donors (Lipinski definition) is 2. The molecular weight excluding hydrogens is 354 g/mol. The van der Waals surface area contributed by atoms with Crippen LogP contribution in [-0.2, 0) is 9.59 Å². The molecule has 1 aliphatic carbocycles. The molecule has 1 saturated carbocycles. The molecule has 1 spiro atoms. The van der Waals surface area contributed by atoms with Crippen molar-refractivity contribution in [2.24, 2.45) is 0 Å². The third-order valence-corrected chi connectivity index (χ3v) is 5.51. The van der Waals surface area contributed by atoms with Gasteiger partial charge >= 0.3 is 6.03 Å². The zero-order valence-electron chi connectivity index (χ0n) is 14.9. The molecule has 1 aromatic rings. The van der Waals surface area contributed by atoms with E-state index in [2.05, 4.69) is 10.6 Å². The second-order valence-electron chi connectivity index (χ2n) is 7.12. The van der Waals surface area contributed by atoms with Crippen LogP contribution in [0.1, 0.15) is 57.1 Å². The molecule has 1 saturated heterocycles. The van der Waals surface area contributed by atoms with E-state index in [4.69, 9.17) is 11.6 Å². The summed E-state index contributed by atoms with van der Waals surface area (Å²) >= 11 is 5.87. The number of urea groups is 1. The number of carbonyl (C=O) groups is 3. The summed E-state index contributed by atoms with van der Waals surface area (Å²) in [5.41, 5.74) is 0.210. The van der Waals surface area contributed by atoms with Crippen molar-refractivity contribution in [2.75, 3.05) is 6.54 Å². The van der Waals surface area contributed by atoms with Crippen molar-refractivity contribution < 1.29 is 14.4 Å². The van der Waals surface area contributed by atoms with Crippen molar-refractivity contribution in [3.63, 3.8) is 0 Å². The molecule has 2 fully saturated rings. The first-order valence-corrected chi connectivity index (χ1v) is 9.48. The molecule has 4 amide bonds. The third kappa shape index (κ3) is 3.85. The van der Waals surface area contributed by atoms with Gasteiger partial charge in [0.25, 0.3) is 5.91 Å². The second kappa shape index (κ2) is 7.66. The Labute approximate surface area is 158 Å². The van der Waals surface area contributed by atoms with Crippen LogP contribution in [0, 0.1) is 0 Å². The minimum atomic E-state index is -0.734. The summed E-state index contributed by atoms with van der Waals surface area (Å²) in [5, 5.41) is 6.39. The van der Waals surface area contributed by atoms with E-state index in [1.165, 1.54) is 4.90 Å². The Kier molecular flexibility index (Phi) is 5.51. The Hall–Kier alpha value is -2.08. The monoisotopic (exact) mass is 377 g/mol. The first-order chi connectivity index (χ1) is 12.4. The number of halogens is 1. The number of carbonyl (C=O) groups excluding carboxylic acids is 3. The normalized spacial score (nSPS) is 20.2. The number of nitrogens with one attached hydrogen (secondary N) is 2. The van der Waals surface area contributed by atoms with Gasteiger partial charge < -0.3 is 10.6 Å². The van der Waals surface area contributed by atoms with Gasteiger partial charge in [-0.2, -0.15) is 0 Å². The summed E-state index contributed by atoms with van der Waals surface area (Å²) in [5.74, 6) is -0.376. The second-order valence-corrected chi connectivity index (χ2v) is 7.56. The topological polar surface area (TPSA) is 78.5 Å². The molecule has 0 bridgehead atoms. The molecule has 1 heterocycles. The predicted molar refractivity (Wildman–Crippen MR) is 98.7 cm³/mol. The molecule has 0 radical (unpaired) electrons. The summed E-state index contributed by atoms with van der Waals surface area (Å²) in [7, 11) is 0. The summed E-state index contributed by atoms with van der Waals surface area (Å²) < 4.78 is 0. The molecule has 3 rings (SSSR count). The Balaban J connectivity index is 1.53. The zero-order chi connectivity index (χ0) is 18.7. The highest BCUT2D eigenvalue weighted by molar-refractivity contribution is 6.30. The van der Waals surface area contributed by atoms with Crippen molar-refractivity contribution >= 4 is 29.4 Å². The van der Waals surface area contributed by atoms with Gasteiger partial charge in [-0.15, -0.1) is 0 Å². The lowest BCUT2D eigenvalue weighted by molar-refractivity contribution is -0.132. The average Bonchev–Trinajstić information content (AvgIpc) is 2.84. The third-order valence-electron chi connectivity index (χ3n) is 5.26. The molecule has 140 valence electrons. The number of hydrogen-bond acceptors (Lipinski definition) is 3. The van der Waals surface area contributed by atoms with E-state index in [1.807, 2.05) is 19.1 Å². The lowest BCUT2D eigenvalue weighted by atomic mass is 9.82. The average molecular weight is 378 g/mol. The van der Waals surface area contributed by atoms with Gasteiger partial charge in [0.05, 0.1) is 6.04 Å². The molecule has 1 aromatic carbocycles. The fourth-order valence-electron chi connectivity index (χ4n) is 3.74. The first kappa shape index (κ1) is 18.7. The highest BCUT2D eigenvalue weighted by Crippen LogP contribution is 2.33. The number of benzene rings is 1. The van der Waals surface area contributed by atoms with Gasteiger partial charge in [0.15, 0.2) is 0 Å². The fraction of sp³-hybridized carbons (Fsp3) is 0.526. The Bertz CT molecular complexity index is 698. The SMILES string of the molecule is CC(NC(=O)CCN1C(=O)NC2(CCCCC2)C1=O)c1ccc(Cl)cc1. The van der Waals surface area contributed by atoms with Crippen molar-refractivity contribution in [3.8, 4) is 0 Å². The van der Waals surface area contributed by atoms with Crippen LogP contribution in [0.25, 0.3) is 0 Å².